The summed E-state index contributed by atoms with van der Waals surface area (Å²) >= 11 is 0. The second kappa shape index (κ2) is 7.12. The fourth-order valence-corrected chi connectivity index (χ4v) is 2.90. The molecule has 100 valence electrons. The average molecular weight is 241 g/mol. The van der Waals surface area contributed by atoms with Crippen molar-refractivity contribution in [2.75, 3.05) is 26.8 Å². The Balaban J connectivity index is 2.60. The number of ether oxygens (including phenoxy) is 1. The van der Waals surface area contributed by atoms with Crippen LogP contribution in [0.1, 0.15) is 46.0 Å². The maximum atomic E-state index is 11.5. The number of rotatable bonds is 7. The van der Waals surface area contributed by atoms with Gasteiger partial charge in [-0.05, 0) is 26.3 Å². The molecule has 17 heavy (non-hydrogen) atoms. The summed E-state index contributed by atoms with van der Waals surface area (Å²) in [5.74, 6) is 0. The summed E-state index contributed by atoms with van der Waals surface area (Å²) in [6.07, 6.45) is 7.03. The van der Waals surface area contributed by atoms with Gasteiger partial charge in [-0.15, -0.1) is 0 Å². The van der Waals surface area contributed by atoms with E-state index in [2.05, 4.69) is 18.7 Å². The van der Waals surface area contributed by atoms with E-state index in [-0.39, 0.29) is 5.41 Å². The molecule has 0 aliphatic heterocycles. The highest BCUT2D eigenvalue weighted by Gasteiger charge is 2.34. The topological polar surface area (TPSA) is 29.5 Å². The lowest BCUT2D eigenvalue weighted by Crippen LogP contribution is -2.45. The maximum absolute atomic E-state index is 11.5. The first-order valence-electron chi connectivity index (χ1n) is 6.87. The number of hydrogen-bond donors (Lipinski definition) is 0. The maximum Gasteiger partial charge on any atom is 0.127 e. The van der Waals surface area contributed by atoms with Crippen LogP contribution in [0.2, 0.25) is 0 Å². The Bertz CT molecular complexity index is 224. The zero-order chi connectivity index (χ0) is 12.7. The van der Waals surface area contributed by atoms with Crippen LogP contribution in [0.3, 0.4) is 0 Å². The number of hydrogen-bond acceptors (Lipinski definition) is 3. The molecule has 0 saturated heterocycles. The van der Waals surface area contributed by atoms with Crippen molar-refractivity contribution in [1.29, 1.82) is 0 Å². The number of likely N-dealkylation sites (N-methyl/N-ethyl adjacent to an activating group) is 1. The van der Waals surface area contributed by atoms with Crippen LogP contribution in [-0.2, 0) is 9.53 Å². The SMILES string of the molecule is CCN(CC1(C=O)CCCCC1)C(C)COC. The molecule has 3 heteroatoms. The number of aldehydes is 1. The molecule has 1 aliphatic carbocycles. The van der Waals surface area contributed by atoms with Crippen molar-refractivity contribution in [1.82, 2.24) is 4.90 Å². The van der Waals surface area contributed by atoms with Crippen molar-refractivity contribution in [2.45, 2.75) is 52.0 Å². The van der Waals surface area contributed by atoms with Crippen LogP contribution in [-0.4, -0.2) is 44.0 Å². The lowest BCUT2D eigenvalue weighted by atomic mass is 9.74. The zero-order valence-corrected chi connectivity index (χ0v) is 11.6. The molecule has 1 rings (SSSR count). The molecule has 0 aromatic carbocycles. The molecular formula is C14H27NO2. The van der Waals surface area contributed by atoms with Gasteiger partial charge in [0.1, 0.15) is 6.29 Å². The quantitative estimate of drug-likeness (QED) is 0.641. The Morgan fingerprint density at radius 1 is 1.35 bits per heavy atom. The summed E-state index contributed by atoms with van der Waals surface area (Å²) in [5.41, 5.74) is -0.0870. The third kappa shape index (κ3) is 4.07. The molecule has 0 amide bonds. The number of methoxy groups -OCH3 is 1. The van der Waals surface area contributed by atoms with Gasteiger partial charge in [0, 0.05) is 25.1 Å². The van der Waals surface area contributed by atoms with Crippen molar-refractivity contribution < 1.29 is 9.53 Å². The second-order valence-electron chi connectivity index (χ2n) is 5.41. The number of carbonyl (C=O) groups is 1. The lowest BCUT2D eigenvalue weighted by Gasteiger charge is -2.39. The van der Waals surface area contributed by atoms with Crippen molar-refractivity contribution in [3.05, 3.63) is 0 Å². The summed E-state index contributed by atoms with van der Waals surface area (Å²) in [7, 11) is 1.74. The molecule has 0 bridgehead atoms. The van der Waals surface area contributed by atoms with Crippen LogP contribution in [0.4, 0.5) is 0 Å². The van der Waals surface area contributed by atoms with Gasteiger partial charge in [0.25, 0.3) is 0 Å². The van der Waals surface area contributed by atoms with Crippen LogP contribution in [0.15, 0.2) is 0 Å². The average Bonchev–Trinajstić information content (AvgIpc) is 2.37. The largest absolute Gasteiger partial charge is 0.383 e. The van der Waals surface area contributed by atoms with Gasteiger partial charge in [-0.25, -0.2) is 0 Å². The highest BCUT2D eigenvalue weighted by atomic mass is 16.5. The molecule has 0 N–H and O–H groups in total. The molecule has 1 saturated carbocycles. The fourth-order valence-electron chi connectivity index (χ4n) is 2.90. The minimum atomic E-state index is -0.0870. The molecule has 0 aromatic heterocycles. The molecule has 0 radical (unpaired) electrons. The van der Waals surface area contributed by atoms with E-state index in [1.165, 1.54) is 25.5 Å². The molecule has 1 atom stereocenters. The minimum Gasteiger partial charge on any atom is -0.383 e. The van der Waals surface area contributed by atoms with Gasteiger partial charge in [0.2, 0.25) is 0 Å². The number of carbonyl (C=O) groups excluding carboxylic acids is 1. The van der Waals surface area contributed by atoms with E-state index in [4.69, 9.17) is 4.74 Å². The van der Waals surface area contributed by atoms with E-state index < -0.39 is 0 Å². The molecule has 1 unspecified atom stereocenters. The Kier molecular flexibility index (Phi) is 6.14. The van der Waals surface area contributed by atoms with Crippen molar-refractivity contribution >= 4 is 6.29 Å². The van der Waals surface area contributed by atoms with Gasteiger partial charge in [0.05, 0.1) is 6.61 Å². The van der Waals surface area contributed by atoms with E-state index in [1.807, 2.05) is 0 Å². The smallest absolute Gasteiger partial charge is 0.127 e. The zero-order valence-electron chi connectivity index (χ0n) is 11.6. The van der Waals surface area contributed by atoms with Gasteiger partial charge >= 0.3 is 0 Å². The van der Waals surface area contributed by atoms with Crippen LogP contribution in [0, 0.1) is 5.41 Å². The lowest BCUT2D eigenvalue weighted by molar-refractivity contribution is -0.119. The van der Waals surface area contributed by atoms with Crippen molar-refractivity contribution in [2.24, 2.45) is 5.41 Å². The standard InChI is InChI=1S/C14H27NO2/c1-4-15(13(2)10-17-3)11-14(12-16)8-6-5-7-9-14/h12-13H,4-11H2,1-3H3. The predicted molar refractivity (Wildman–Crippen MR) is 70.2 cm³/mol. The van der Waals surface area contributed by atoms with Gasteiger partial charge in [-0.1, -0.05) is 26.2 Å². The first kappa shape index (κ1) is 14.7. The van der Waals surface area contributed by atoms with Crippen molar-refractivity contribution in [3.8, 4) is 0 Å². The van der Waals surface area contributed by atoms with Gasteiger partial charge in [-0.3, -0.25) is 4.90 Å². The Labute approximate surface area is 106 Å². The monoisotopic (exact) mass is 241 g/mol. The van der Waals surface area contributed by atoms with Crippen LogP contribution < -0.4 is 0 Å². The van der Waals surface area contributed by atoms with Gasteiger partial charge < -0.3 is 9.53 Å². The van der Waals surface area contributed by atoms with Crippen LogP contribution >= 0.6 is 0 Å². The summed E-state index contributed by atoms with van der Waals surface area (Å²) in [6.45, 7) is 6.96. The first-order chi connectivity index (χ1) is 8.17. The summed E-state index contributed by atoms with van der Waals surface area (Å²) in [6, 6.07) is 0.392. The highest BCUT2D eigenvalue weighted by Crippen LogP contribution is 2.35. The molecule has 3 nitrogen and oxygen atoms in total. The molecule has 1 fully saturated rings. The summed E-state index contributed by atoms with van der Waals surface area (Å²) < 4.78 is 5.21. The fraction of sp³-hybridized carbons (Fsp3) is 0.929. The van der Waals surface area contributed by atoms with E-state index in [9.17, 15) is 4.79 Å². The predicted octanol–water partition coefficient (Wildman–Crippen LogP) is 2.49. The van der Waals surface area contributed by atoms with Crippen LogP contribution in [0.5, 0.6) is 0 Å². The summed E-state index contributed by atoms with van der Waals surface area (Å²) in [4.78, 5) is 13.8. The summed E-state index contributed by atoms with van der Waals surface area (Å²) in [5, 5.41) is 0. The third-order valence-corrected chi connectivity index (χ3v) is 4.05. The van der Waals surface area contributed by atoms with E-state index >= 15 is 0 Å². The Morgan fingerprint density at radius 3 is 2.47 bits per heavy atom. The number of nitrogens with zero attached hydrogens (tertiary/aromatic N) is 1. The second-order valence-corrected chi connectivity index (χ2v) is 5.41. The minimum absolute atomic E-state index is 0.0870. The normalized spacial score (nSPS) is 21.4. The molecular weight excluding hydrogens is 214 g/mol. The van der Waals surface area contributed by atoms with Crippen molar-refractivity contribution in [3.63, 3.8) is 0 Å². The third-order valence-electron chi connectivity index (χ3n) is 4.05. The highest BCUT2D eigenvalue weighted by molar-refractivity contribution is 5.60. The Morgan fingerprint density at radius 2 is 2.00 bits per heavy atom. The molecule has 0 aromatic rings. The molecule has 1 aliphatic rings. The van der Waals surface area contributed by atoms with E-state index in [1.54, 1.807) is 7.11 Å². The van der Waals surface area contributed by atoms with Gasteiger partial charge in [-0.2, -0.15) is 0 Å². The first-order valence-corrected chi connectivity index (χ1v) is 6.87. The van der Waals surface area contributed by atoms with E-state index in [0.29, 0.717) is 6.04 Å². The van der Waals surface area contributed by atoms with Gasteiger partial charge in [0.15, 0.2) is 0 Å². The van der Waals surface area contributed by atoms with E-state index in [0.717, 1.165) is 32.5 Å². The Hall–Kier alpha value is -0.410. The van der Waals surface area contributed by atoms with Crippen LogP contribution in [0.25, 0.3) is 0 Å². The molecule has 0 heterocycles. The molecule has 0 spiro atoms.